The number of nitrogens with zero attached hydrogens (tertiary/aromatic N) is 1. The highest BCUT2D eigenvalue weighted by Crippen LogP contribution is 2.42. The van der Waals surface area contributed by atoms with E-state index in [0.29, 0.717) is 19.1 Å². The molecule has 1 heterocycles. The molecule has 4 rings (SSSR count). The highest BCUT2D eigenvalue weighted by atomic mass is 16.5. The number of aryl methyl sites for hydroxylation is 1. The molecular weight excluding hydrogens is 302 g/mol. The van der Waals surface area contributed by atoms with Crippen molar-refractivity contribution in [3.8, 4) is 0 Å². The van der Waals surface area contributed by atoms with Crippen molar-refractivity contribution < 1.29 is 14.3 Å². The Morgan fingerprint density at radius 1 is 1.12 bits per heavy atom. The molecule has 0 unspecified atom stereocenters. The van der Waals surface area contributed by atoms with Gasteiger partial charge in [0.05, 0.1) is 25.2 Å². The SMILES string of the molecule is O=C(CCOC1CCOCC1)N(C1CC1)[C@@H]1CCc2ccccc21. The minimum Gasteiger partial charge on any atom is -0.381 e. The quantitative estimate of drug-likeness (QED) is 0.804. The summed E-state index contributed by atoms with van der Waals surface area (Å²) >= 11 is 0. The van der Waals surface area contributed by atoms with E-state index in [0.717, 1.165) is 51.7 Å². The van der Waals surface area contributed by atoms with E-state index in [9.17, 15) is 4.79 Å². The Bertz CT molecular complexity index is 578. The van der Waals surface area contributed by atoms with Gasteiger partial charge in [0.1, 0.15) is 0 Å². The summed E-state index contributed by atoms with van der Waals surface area (Å²) in [6, 6.07) is 9.35. The van der Waals surface area contributed by atoms with Gasteiger partial charge in [-0.25, -0.2) is 0 Å². The van der Waals surface area contributed by atoms with Crippen molar-refractivity contribution in [3.63, 3.8) is 0 Å². The largest absolute Gasteiger partial charge is 0.381 e. The molecule has 1 amide bonds. The fraction of sp³-hybridized carbons (Fsp3) is 0.650. The van der Waals surface area contributed by atoms with Crippen LogP contribution in [0.25, 0.3) is 0 Å². The predicted octanol–water partition coefficient (Wildman–Crippen LogP) is 3.25. The van der Waals surface area contributed by atoms with Crippen LogP contribution in [0.3, 0.4) is 0 Å². The predicted molar refractivity (Wildman–Crippen MR) is 91.8 cm³/mol. The maximum atomic E-state index is 12.9. The minimum atomic E-state index is 0.270. The first kappa shape index (κ1) is 16.1. The van der Waals surface area contributed by atoms with E-state index < -0.39 is 0 Å². The molecule has 0 aromatic heterocycles. The summed E-state index contributed by atoms with van der Waals surface area (Å²) in [6.45, 7) is 2.11. The number of carbonyl (C=O) groups is 1. The minimum absolute atomic E-state index is 0.270. The summed E-state index contributed by atoms with van der Waals surface area (Å²) in [7, 11) is 0. The Morgan fingerprint density at radius 3 is 2.71 bits per heavy atom. The lowest BCUT2D eigenvalue weighted by atomic mass is 10.1. The molecule has 4 nitrogen and oxygen atoms in total. The molecule has 1 aromatic carbocycles. The number of ether oxygens (including phenoxy) is 2. The average Bonchev–Trinajstić information content (AvgIpc) is 3.36. The molecule has 4 heteroatoms. The van der Waals surface area contributed by atoms with Crippen molar-refractivity contribution >= 4 is 5.91 Å². The molecule has 0 radical (unpaired) electrons. The third kappa shape index (κ3) is 3.50. The van der Waals surface area contributed by atoms with Crippen LogP contribution >= 0.6 is 0 Å². The lowest BCUT2D eigenvalue weighted by Crippen LogP contribution is -2.37. The van der Waals surface area contributed by atoms with Gasteiger partial charge in [0, 0.05) is 19.3 Å². The Balaban J connectivity index is 1.36. The number of hydrogen-bond acceptors (Lipinski definition) is 3. The average molecular weight is 329 g/mol. The van der Waals surface area contributed by atoms with Crippen molar-refractivity contribution in [3.05, 3.63) is 35.4 Å². The third-order valence-corrected chi connectivity index (χ3v) is 5.50. The monoisotopic (exact) mass is 329 g/mol. The van der Waals surface area contributed by atoms with Crippen LogP contribution in [-0.4, -0.2) is 42.8 Å². The number of carbonyl (C=O) groups excluding carboxylic acids is 1. The van der Waals surface area contributed by atoms with Gasteiger partial charge in [-0.1, -0.05) is 24.3 Å². The molecule has 1 saturated heterocycles. The summed E-state index contributed by atoms with van der Waals surface area (Å²) in [5.74, 6) is 0.270. The second kappa shape index (κ2) is 7.24. The van der Waals surface area contributed by atoms with Crippen molar-refractivity contribution in [2.24, 2.45) is 0 Å². The van der Waals surface area contributed by atoms with Crippen LogP contribution in [0.2, 0.25) is 0 Å². The Hall–Kier alpha value is -1.39. The molecule has 130 valence electrons. The molecule has 2 aliphatic carbocycles. The van der Waals surface area contributed by atoms with Crippen LogP contribution in [0.1, 0.15) is 55.7 Å². The van der Waals surface area contributed by atoms with Gasteiger partial charge in [0.15, 0.2) is 0 Å². The van der Waals surface area contributed by atoms with Gasteiger partial charge in [0.25, 0.3) is 0 Å². The van der Waals surface area contributed by atoms with Crippen molar-refractivity contribution in [2.45, 2.75) is 63.1 Å². The molecule has 24 heavy (non-hydrogen) atoms. The van der Waals surface area contributed by atoms with Crippen LogP contribution in [0.15, 0.2) is 24.3 Å². The van der Waals surface area contributed by atoms with E-state index in [-0.39, 0.29) is 18.1 Å². The smallest absolute Gasteiger partial charge is 0.225 e. The Labute approximate surface area is 144 Å². The van der Waals surface area contributed by atoms with Crippen LogP contribution in [0.5, 0.6) is 0 Å². The van der Waals surface area contributed by atoms with Crippen molar-refractivity contribution in [2.75, 3.05) is 19.8 Å². The van der Waals surface area contributed by atoms with E-state index >= 15 is 0 Å². The van der Waals surface area contributed by atoms with Crippen molar-refractivity contribution in [1.29, 1.82) is 0 Å². The topological polar surface area (TPSA) is 38.8 Å². The highest BCUT2D eigenvalue weighted by Gasteiger charge is 2.39. The molecule has 1 aliphatic heterocycles. The molecule has 0 spiro atoms. The first-order chi connectivity index (χ1) is 11.8. The summed E-state index contributed by atoms with van der Waals surface area (Å²) < 4.78 is 11.3. The van der Waals surface area contributed by atoms with Gasteiger partial charge in [-0.2, -0.15) is 0 Å². The fourth-order valence-electron chi connectivity index (χ4n) is 4.09. The maximum Gasteiger partial charge on any atom is 0.225 e. The normalized spacial score (nSPS) is 23.9. The zero-order chi connectivity index (χ0) is 16.4. The summed E-state index contributed by atoms with van der Waals surface area (Å²) in [6.07, 6.45) is 7.17. The van der Waals surface area contributed by atoms with E-state index in [1.165, 1.54) is 11.1 Å². The van der Waals surface area contributed by atoms with Gasteiger partial charge in [-0.3, -0.25) is 4.79 Å². The molecular formula is C20H27NO3. The van der Waals surface area contributed by atoms with Crippen molar-refractivity contribution in [1.82, 2.24) is 4.90 Å². The van der Waals surface area contributed by atoms with E-state index in [1.54, 1.807) is 0 Å². The number of fused-ring (bicyclic) bond motifs is 1. The van der Waals surface area contributed by atoms with Gasteiger partial charge in [0.2, 0.25) is 5.91 Å². The molecule has 2 fully saturated rings. The highest BCUT2D eigenvalue weighted by molar-refractivity contribution is 5.77. The summed E-state index contributed by atoms with van der Waals surface area (Å²) in [4.78, 5) is 15.1. The number of benzene rings is 1. The Kier molecular flexibility index (Phi) is 4.86. The molecule has 1 atom stereocenters. The summed E-state index contributed by atoms with van der Waals surface area (Å²) in [5, 5.41) is 0. The zero-order valence-electron chi connectivity index (χ0n) is 14.3. The van der Waals surface area contributed by atoms with Gasteiger partial charge in [-0.15, -0.1) is 0 Å². The molecule has 0 bridgehead atoms. The standard InChI is InChI=1S/C20H27NO3/c22-20(11-14-24-17-9-12-23-13-10-17)21(16-6-7-16)19-8-5-15-3-1-2-4-18(15)19/h1-4,16-17,19H,5-14H2/t19-/m1/s1. The molecule has 3 aliphatic rings. The first-order valence-corrected chi connectivity index (χ1v) is 9.41. The fourth-order valence-corrected chi connectivity index (χ4v) is 4.09. The van der Waals surface area contributed by atoms with Crippen LogP contribution < -0.4 is 0 Å². The molecule has 1 saturated carbocycles. The zero-order valence-corrected chi connectivity index (χ0v) is 14.3. The lowest BCUT2D eigenvalue weighted by Gasteiger charge is -2.30. The van der Waals surface area contributed by atoms with Crippen LogP contribution in [-0.2, 0) is 20.7 Å². The number of amides is 1. The summed E-state index contributed by atoms with van der Waals surface area (Å²) in [5.41, 5.74) is 2.78. The number of hydrogen-bond donors (Lipinski definition) is 0. The van der Waals surface area contributed by atoms with Gasteiger partial charge in [-0.05, 0) is 49.7 Å². The second-order valence-corrected chi connectivity index (χ2v) is 7.22. The lowest BCUT2D eigenvalue weighted by molar-refractivity contribution is -0.136. The van der Waals surface area contributed by atoms with Gasteiger partial charge < -0.3 is 14.4 Å². The third-order valence-electron chi connectivity index (χ3n) is 5.50. The van der Waals surface area contributed by atoms with Crippen LogP contribution in [0.4, 0.5) is 0 Å². The van der Waals surface area contributed by atoms with E-state index in [4.69, 9.17) is 9.47 Å². The van der Waals surface area contributed by atoms with E-state index in [2.05, 4.69) is 29.2 Å². The second-order valence-electron chi connectivity index (χ2n) is 7.22. The van der Waals surface area contributed by atoms with Gasteiger partial charge >= 0.3 is 0 Å². The molecule has 0 N–H and O–H groups in total. The molecule has 1 aromatic rings. The Morgan fingerprint density at radius 2 is 1.92 bits per heavy atom. The first-order valence-electron chi connectivity index (χ1n) is 9.41. The van der Waals surface area contributed by atoms with E-state index in [1.807, 2.05) is 0 Å². The number of rotatable bonds is 6. The maximum absolute atomic E-state index is 12.9. The van der Waals surface area contributed by atoms with Crippen LogP contribution in [0, 0.1) is 0 Å².